The molecule has 0 unspecified atom stereocenters. The summed E-state index contributed by atoms with van der Waals surface area (Å²) in [5.41, 5.74) is 6.24. The maximum Gasteiger partial charge on any atom is 0.260 e. The van der Waals surface area contributed by atoms with Gasteiger partial charge >= 0.3 is 0 Å². The highest BCUT2D eigenvalue weighted by Crippen LogP contribution is 2.13. The van der Waals surface area contributed by atoms with Crippen LogP contribution in [0.1, 0.15) is 0 Å². The van der Waals surface area contributed by atoms with Gasteiger partial charge in [0.1, 0.15) is 5.75 Å². The van der Waals surface area contributed by atoms with Crippen molar-refractivity contribution in [3.05, 3.63) is 24.3 Å². The smallest absolute Gasteiger partial charge is 0.260 e. The predicted octanol–water partition coefficient (Wildman–Crippen LogP) is 0.769. The molecule has 0 fully saturated rings. The van der Waals surface area contributed by atoms with E-state index in [0.29, 0.717) is 37.7 Å². The molecule has 0 aliphatic heterocycles. The molecule has 6 nitrogen and oxygen atoms in total. The monoisotopic (exact) mass is 282 g/mol. The first-order valence-electron chi connectivity index (χ1n) is 6.41. The molecule has 1 aromatic rings. The second-order valence-electron chi connectivity index (χ2n) is 4.22. The number of nitrogens with two attached hydrogens (primary N) is 1. The summed E-state index contributed by atoms with van der Waals surface area (Å²) in [6.45, 7) is 1.99. The Bertz CT molecular complexity index is 387. The van der Waals surface area contributed by atoms with E-state index in [4.69, 9.17) is 19.9 Å². The lowest BCUT2D eigenvalue weighted by atomic mass is 10.3. The maximum atomic E-state index is 12.1. The van der Waals surface area contributed by atoms with Crippen molar-refractivity contribution < 1.29 is 19.0 Å². The lowest BCUT2D eigenvalue weighted by Crippen LogP contribution is -2.39. The highest BCUT2D eigenvalue weighted by atomic mass is 16.5. The molecule has 0 bridgehead atoms. The van der Waals surface area contributed by atoms with E-state index in [9.17, 15) is 4.79 Å². The zero-order valence-corrected chi connectivity index (χ0v) is 12.0. The molecule has 1 amide bonds. The van der Waals surface area contributed by atoms with Crippen LogP contribution in [0.5, 0.6) is 5.75 Å². The van der Waals surface area contributed by atoms with E-state index in [1.165, 1.54) is 0 Å². The van der Waals surface area contributed by atoms with Crippen molar-refractivity contribution in [3.8, 4) is 5.75 Å². The van der Waals surface area contributed by atoms with Crippen molar-refractivity contribution in [2.24, 2.45) is 0 Å². The molecule has 1 aromatic carbocycles. The Kier molecular flexibility index (Phi) is 7.46. The van der Waals surface area contributed by atoms with Gasteiger partial charge in [-0.1, -0.05) is 0 Å². The number of methoxy groups -OCH3 is 2. The molecular weight excluding hydrogens is 260 g/mol. The van der Waals surface area contributed by atoms with E-state index in [2.05, 4.69) is 0 Å². The topological polar surface area (TPSA) is 74.0 Å². The Morgan fingerprint density at radius 1 is 1.10 bits per heavy atom. The van der Waals surface area contributed by atoms with Crippen molar-refractivity contribution in [1.29, 1.82) is 0 Å². The number of rotatable bonds is 9. The van der Waals surface area contributed by atoms with Gasteiger partial charge in [-0.25, -0.2) is 0 Å². The van der Waals surface area contributed by atoms with Crippen LogP contribution in [0.4, 0.5) is 5.69 Å². The van der Waals surface area contributed by atoms with Gasteiger partial charge in [-0.05, 0) is 24.3 Å². The SMILES string of the molecule is COCCN(CCOC)C(=O)COc1ccc(N)cc1. The minimum absolute atomic E-state index is 0.0165. The largest absolute Gasteiger partial charge is 0.484 e. The number of carbonyl (C=O) groups is 1. The van der Waals surface area contributed by atoms with Crippen LogP contribution in [0.2, 0.25) is 0 Å². The Morgan fingerprint density at radius 2 is 1.65 bits per heavy atom. The Hall–Kier alpha value is -1.79. The summed E-state index contributed by atoms with van der Waals surface area (Å²) < 4.78 is 15.4. The average molecular weight is 282 g/mol. The molecule has 0 aromatic heterocycles. The van der Waals surface area contributed by atoms with Crippen LogP contribution in [0, 0.1) is 0 Å². The molecule has 0 atom stereocenters. The fourth-order valence-electron chi connectivity index (χ4n) is 1.56. The minimum Gasteiger partial charge on any atom is -0.484 e. The Balaban J connectivity index is 2.45. The molecule has 0 heterocycles. The molecule has 2 N–H and O–H groups in total. The molecule has 1 rings (SSSR count). The van der Waals surface area contributed by atoms with Gasteiger partial charge in [-0.2, -0.15) is 0 Å². The lowest BCUT2D eigenvalue weighted by molar-refractivity contribution is -0.134. The van der Waals surface area contributed by atoms with Crippen LogP contribution < -0.4 is 10.5 Å². The van der Waals surface area contributed by atoms with Crippen molar-refractivity contribution >= 4 is 11.6 Å². The third-order valence-corrected chi connectivity index (χ3v) is 2.73. The number of carbonyl (C=O) groups excluding carboxylic acids is 1. The Labute approximate surface area is 119 Å². The highest BCUT2D eigenvalue weighted by Gasteiger charge is 2.13. The van der Waals surface area contributed by atoms with Gasteiger partial charge in [0.15, 0.2) is 6.61 Å². The van der Waals surface area contributed by atoms with E-state index < -0.39 is 0 Å². The summed E-state index contributed by atoms with van der Waals surface area (Å²) in [5, 5.41) is 0. The van der Waals surface area contributed by atoms with Gasteiger partial charge < -0.3 is 24.8 Å². The quantitative estimate of drug-likeness (QED) is 0.677. The van der Waals surface area contributed by atoms with Crippen LogP contribution in [0.3, 0.4) is 0 Å². The Morgan fingerprint density at radius 3 is 2.15 bits per heavy atom. The van der Waals surface area contributed by atoms with E-state index in [1.54, 1.807) is 43.4 Å². The number of hydrogen-bond acceptors (Lipinski definition) is 5. The molecule has 0 radical (unpaired) electrons. The van der Waals surface area contributed by atoms with Crippen LogP contribution in [0.15, 0.2) is 24.3 Å². The standard InChI is InChI=1S/C14H22N2O4/c1-18-9-7-16(8-10-19-2)14(17)11-20-13-5-3-12(15)4-6-13/h3-6H,7-11,15H2,1-2H3. The average Bonchev–Trinajstić information content (AvgIpc) is 2.46. The molecular formula is C14H22N2O4. The highest BCUT2D eigenvalue weighted by molar-refractivity contribution is 5.77. The number of nitrogen functional groups attached to an aromatic ring is 1. The molecule has 0 spiro atoms. The molecule has 0 aliphatic carbocycles. The van der Waals surface area contributed by atoms with Crippen molar-refractivity contribution in [2.45, 2.75) is 0 Å². The second-order valence-corrected chi connectivity index (χ2v) is 4.22. The number of benzene rings is 1. The first-order valence-corrected chi connectivity index (χ1v) is 6.41. The first-order chi connectivity index (χ1) is 9.67. The van der Waals surface area contributed by atoms with E-state index >= 15 is 0 Å². The van der Waals surface area contributed by atoms with Crippen molar-refractivity contribution in [3.63, 3.8) is 0 Å². The molecule has 0 aliphatic rings. The first kappa shape index (κ1) is 16.3. The van der Waals surface area contributed by atoms with Gasteiger partial charge in [0, 0.05) is 33.0 Å². The summed E-state index contributed by atoms with van der Waals surface area (Å²) in [6.07, 6.45) is 0. The van der Waals surface area contributed by atoms with Gasteiger partial charge in [-0.3, -0.25) is 4.79 Å². The molecule has 0 saturated heterocycles. The maximum absolute atomic E-state index is 12.1. The third-order valence-electron chi connectivity index (χ3n) is 2.73. The van der Waals surface area contributed by atoms with E-state index in [-0.39, 0.29) is 12.5 Å². The van der Waals surface area contributed by atoms with Gasteiger partial charge in [0.05, 0.1) is 13.2 Å². The van der Waals surface area contributed by atoms with Crippen LogP contribution in [-0.2, 0) is 14.3 Å². The minimum atomic E-state index is -0.101. The summed E-state index contributed by atoms with van der Waals surface area (Å²) in [6, 6.07) is 6.93. The van der Waals surface area contributed by atoms with E-state index in [0.717, 1.165) is 0 Å². The summed E-state index contributed by atoms with van der Waals surface area (Å²) in [7, 11) is 3.20. The predicted molar refractivity (Wildman–Crippen MR) is 76.7 cm³/mol. The van der Waals surface area contributed by atoms with Crippen LogP contribution >= 0.6 is 0 Å². The second kappa shape index (κ2) is 9.17. The third kappa shape index (κ3) is 5.90. The zero-order valence-electron chi connectivity index (χ0n) is 12.0. The fourth-order valence-corrected chi connectivity index (χ4v) is 1.56. The molecule has 0 saturated carbocycles. The van der Waals surface area contributed by atoms with Crippen molar-refractivity contribution in [1.82, 2.24) is 4.90 Å². The van der Waals surface area contributed by atoms with Crippen LogP contribution in [0.25, 0.3) is 0 Å². The fraction of sp³-hybridized carbons (Fsp3) is 0.500. The number of ether oxygens (including phenoxy) is 3. The number of anilines is 1. The number of nitrogens with zero attached hydrogens (tertiary/aromatic N) is 1. The molecule has 112 valence electrons. The van der Waals surface area contributed by atoms with Gasteiger partial charge in [0.2, 0.25) is 0 Å². The van der Waals surface area contributed by atoms with Crippen LogP contribution in [-0.4, -0.2) is 57.9 Å². The zero-order chi connectivity index (χ0) is 14.8. The normalized spacial score (nSPS) is 10.3. The molecule has 6 heteroatoms. The number of hydrogen-bond donors (Lipinski definition) is 1. The van der Waals surface area contributed by atoms with Gasteiger partial charge in [0.25, 0.3) is 5.91 Å². The summed E-state index contributed by atoms with van der Waals surface area (Å²) in [5.74, 6) is 0.516. The molecule has 20 heavy (non-hydrogen) atoms. The number of amides is 1. The summed E-state index contributed by atoms with van der Waals surface area (Å²) in [4.78, 5) is 13.7. The summed E-state index contributed by atoms with van der Waals surface area (Å²) >= 11 is 0. The lowest BCUT2D eigenvalue weighted by Gasteiger charge is -2.22. The van der Waals surface area contributed by atoms with Gasteiger partial charge in [-0.15, -0.1) is 0 Å². The van der Waals surface area contributed by atoms with Crippen molar-refractivity contribution in [2.75, 3.05) is 52.9 Å². The van der Waals surface area contributed by atoms with E-state index in [1.807, 2.05) is 0 Å².